The van der Waals surface area contributed by atoms with Crippen LogP contribution in [0.25, 0.3) is 33.4 Å². The van der Waals surface area contributed by atoms with Gasteiger partial charge in [0.05, 0.1) is 16.7 Å². The molecule has 5 aromatic rings. The lowest BCUT2D eigenvalue weighted by molar-refractivity contribution is 0.180. The molecule has 0 amide bonds. The lowest BCUT2D eigenvalue weighted by Crippen LogP contribution is -2.36. The summed E-state index contributed by atoms with van der Waals surface area (Å²) in [5.41, 5.74) is 7.19. The van der Waals surface area contributed by atoms with Crippen molar-refractivity contribution in [2.24, 2.45) is 0 Å². The molecule has 0 spiro atoms. The number of ether oxygens (including phenoxy) is 1. The van der Waals surface area contributed by atoms with Crippen LogP contribution in [0.5, 0.6) is 5.88 Å². The summed E-state index contributed by atoms with van der Waals surface area (Å²) in [5, 5.41) is 9.88. The van der Waals surface area contributed by atoms with E-state index < -0.39 is 0 Å². The number of nitriles is 1. The molecule has 1 aliphatic heterocycles. The van der Waals surface area contributed by atoms with Gasteiger partial charge in [0.1, 0.15) is 18.2 Å². The molecule has 0 saturated carbocycles. The summed E-state index contributed by atoms with van der Waals surface area (Å²) >= 11 is 0. The largest absolute Gasteiger partial charge is 0.475 e. The lowest BCUT2D eigenvalue weighted by Gasteiger charge is -2.32. The summed E-state index contributed by atoms with van der Waals surface area (Å²) in [4.78, 5) is 25.0. The van der Waals surface area contributed by atoms with Gasteiger partial charge in [-0.25, -0.2) is 9.78 Å². The monoisotopic (exact) mass is 606 g/mol. The molecule has 3 heterocycles. The minimum Gasteiger partial charge on any atom is -0.475 e. The Morgan fingerprint density at radius 1 is 0.977 bits per heavy atom. The van der Waals surface area contributed by atoms with Crippen LogP contribution in [0.4, 0.5) is 0 Å². The van der Waals surface area contributed by atoms with E-state index >= 15 is 0 Å². The van der Waals surface area contributed by atoms with Gasteiger partial charge < -0.3 is 14.6 Å². The SMILES string of the molecule is CN(C)CCOc1nc(-c2ccc(CN3CCC(n4c(=O)[nH]c5ccccc54)CC3)cc2)c(-c2ccccc2)cc1C#N.S. The molecule has 8 nitrogen and oxygen atoms in total. The zero-order valence-corrected chi connectivity index (χ0v) is 26.2. The predicted molar refractivity (Wildman–Crippen MR) is 180 cm³/mol. The van der Waals surface area contributed by atoms with Gasteiger partial charge in [-0.3, -0.25) is 9.47 Å². The van der Waals surface area contributed by atoms with Crippen LogP contribution < -0.4 is 10.4 Å². The third-order valence-electron chi connectivity index (χ3n) is 8.15. The van der Waals surface area contributed by atoms with E-state index in [1.807, 2.05) is 84.2 Å². The van der Waals surface area contributed by atoms with Crippen molar-refractivity contribution in [2.45, 2.75) is 25.4 Å². The number of aromatic nitrogens is 3. The van der Waals surface area contributed by atoms with E-state index in [9.17, 15) is 10.1 Å². The first-order chi connectivity index (χ1) is 21.0. The van der Waals surface area contributed by atoms with E-state index in [0.717, 1.165) is 72.4 Å². The number of piperidine rings is 1. The molecule has 0 atom stereocenters. The molecule has 0 aliphatic carbocycles. The Morgan fingerprint density at radius 3 is 2.39 bits per heavy atom. The molecule has 0 bridgehead atoms. The summed E-state index contributed by atoms with van der Waals surface area (Å²) in [7, 11) is 3.97. The average molecular weight is 607 g/mol. The van der Waals surface area contributed by atoms with Gasteiger partial charge in [0, 0.05) is 43.3 Å². The molecular weight excluding hydrogens is 568 g/mol. The number of pyridine rings is 1. The molecule has 44 heavy (non-hydrogen) atoms. The Hall–Kier alpha value is -4.36. The fourth-order valence-electron chi connectivity index (χ4n) is 5.87. The highest BCUT2D eigenvalue weighted by atomic mass is 32.1. The maximum atomic E-state index is 12.7. The fourth-order valence-corrected chi connectivity index (χ4v) is 5.87. The Labute approximate surface area is 265 Å². The highest BCUT2D eigenvalue weighted by molar-refractivity contribution is 7.59. The second-order valence-corrected chi connectivity index (χ2v) is 11.4. The topological polar surface area (TPSA) is 90.2 Å². The Kier molecular flexibility index (Phi) is 9.85. The number of nitrogens with one attached hydrogen (secondary N) is 1. The van der Waals surface area contributed by atoms with E-state index in [4.69, 9.17) is 9.72 Å². The van der Waals surface area contributed by atoms with Crippen molar-refractivity contribution in [1.29, 1.82) is 5.26 Å². The van der Waals surface area contributed by atoms with Crippen LogP contribution in [-0.2, 0) is 6.54 Å². The molecule has 6 rings (SSSR count). The third-order valence-corrected chi connectivity index (χ3v) is 8.15. The van der Waals surface area contributed by atoms with Crippen LogP contribution in [0.3, 0.4) is 0 Å². The van der Waals surface area contributed by atoms with E-state index in [1.165, 1.54) is 5.56 Å². The molecule has 9 heteroatoms. The summed E-state index contributed by atoms with van der Waals surface area (Å²) in [6.45, 7) is 3.89. The maximum Gasteiger partial charge on any atom is 0.326 e. The molecular formula is C35H38N6O2S. The molecule has 2 aromatic heterocycles. The van der Waals surface area contributed by atoms with Crippen molar-refractivity contribution in [3.8, 4) is 34.3 Å². The maximum absolute atomic E-state index is 12.7. The number of hydrogen-bond acceptors (Lipinski definition) is 6. The standard InChI is InChI=1S/C35H36N6O2.H2S/c1-39(2)20-21-43-34-28(23-36)22-30(26-8-4-3-5-9-26)33(38-34)27-14-12-25(13-15-27)24-40-18-16-29(17-19-40)41-32-11-7-6-10-31(32)37-35(41)42;/h3-15,22,29H,16-21,24H2,1-2H3,(H,37,42);1H2. The number of hydrogen-bond donors (Lipinski definition) is 1. The van der Waals surface area contributed by atoms with Gasteiger partial charge in [-0.1, -0.05) is 66.7 Å². The van der Waals surface area contributed by atoms with Crippen molar-refractivity contribution >= 4 is 24.5 Å². The van der Waals surface area contributed by atoms with Crippen molar-refractivity contribution < 1.29 is 4.74 Å². The number of para-hydroxylation sites is 2. The van der Waals surface area contributed by atoms with Crippen molar-refractivity contribution in [3.63, 3.8) is 0 Å². The number of likely N-dealkylation sites (tertiary alicyclic amines) is 1. The normalized spacial score (nSPS) is 14.0. The summed E-state index contributed by atoms with van der Waals surface area (Å²) < 4.78 is 7.92. The second-order valence-electron chi connectivity index (χ2n) is 11.4. The zero-order valence-electron chi connectivity index (χ0n) is 25.2. The Morgan fingerprint density at radius 2 is 1.68 bits per heavy atom. The molecule has 0 radical (unpaired) electrons. The highest BCUT2D eigenvalue weighted by Gasteiger charge is 2.24. The van der Waals surface area contributed by atoms with Crippen molar-refractivity contribution in [1.82, 2.24) is 24.3 Å². The van der Waals surface area contributed by atoms with Crippen LogP contribution in [0, 0.1) is 11.3 Å². The molecule has 1 saturated heterocycles. The molecule has 1 aliphatic rings. The average Bonchev–Trinajstić information content (AvgIpc) is 3.37. The van der Waals surface area contributed by atoms with Crippen LogP contribution in [0.1, 0.15) is 30.0 Å². The molecule has 226 valence electrons. The number of likely N-dealkylation sites (N-methyl/N-ethyl adjacent to an activating group) is 1. The highest BCUT2D eigenvalue weighted by Crippen LogP contribution is 2.35. The number of aromatic amines is 1. The number of benzene rings is 3. The Bertz CT molecular complexity index is 1800. The molecule has 0 unspecified atom stereocenters. The zero-order chi connectivity index (χ0) is 29.8. The van der Waals surface area contributed by atoms with E-state index in [0.29, 0.717) is 18.1 Å². The Balaban J connectivity index is 0.00000384. The number of nitrogens with zero attached hydrogens (tertiary/aromatic N) is 5. The van der Waals surface area contributed by atoms with Crippen LogP contribution >= 0.6 is 13.5 Å². The van der Waals surface area contributed by atoms with Crippen molar-refractivity contribution in [2.75, 3.05) is 40.3 Å². The summed E-state index contributed by atoms with van der Waals surface area (Å²) in [6.07, 6.45) is 1.87. The molecule has 1 fully saturated rings. The minimum atomic E-state index is -0.0206. The van der Waals surface area contributed by atoms with Gasteiger partial charge >= 0.3 is 5.69 Å². The summed E-state index contributed by atoms with van der Waals surface area (Å²) in [6, 6.07) is 30.9. The van der Waals surface area contributed by atoms with E-state index in [2.05, 4.69) is 40.2 Å². The van der Waals surface area contributed by atoms with Gasteiger partial charge in [-0.15, -0.1) is 0 Å². The second kappa shape index (κ2) is 14.0. The number of imidazole rings is 1. The lowest BCUT2D eigenvalue weighted by atomic mass is 9.97. The molecule has 3 aromatic carbocycles. The van der Waals surface area contributed by atoms with E-state index in [-0.39, 0.29) is 25.2 Å². The van der Waals surface area contributed by atoms with Crippen LogP contribution in [0.15, 0.2) is 89.7 Å². The number of rotatable bonds is 9. The van der Waals surface area contributed by atoms with Gasteiger partial charge in [0.15, 0.2) is 0 Å². The van der Waals surface area contributed by atoms with Crippen LogP contribution in [0.2, 0.25) is 0 Å². The quantitative estimate of drug-likeness (QED) is 0.227. The smallest absolute Gasteiger partial charge is 0.326 e. The summed E-state index contributed by atoms with van der Waals surface area (Å²) in [5.74, 6) is 0.361. The first-order valence-electron chi connectivity index (χ1n) is 14.8. The predicted octanol–water partition coefficient (Wildman–Crippen LogP) is 5.82. The number of fused-ring (bicyclic) bond motifs is 1. The third kappa shape index (κ3) is 6.73. The van der Waals surface area contributed by atoms with Gasteiger partial charge in [-0.05, 0) is 56.3 Å². The van der Waals surface area contributed by atoms with Crippen LogP contribution in [-0.4, -0.2) is 64.7 Å². The number of H-pyrrole nitrogens is 1. The molecule has 1 N–H and O–H groups in total. The van der Waals surface area contributed by atoms with Gasteiger partial charge in [-0.2, -0.15) is 18.8 Å². The minimum absolute atomic E-state index is 0. The van der Waals surface area contributed by atoms with Crippen molar-refractivity contribution in [3.05, 3.63) is 107 Å². The first kappa shape index (κ1) is 31.1. The van der Waals surface area contributed by atoms with Gasteiger partial charge in [0.25, 0.3) is 0 Å². The van der Waals surface area contributed by atoms with Gasteiger partial charge in [0.2, 0.25) is 5.88 Å². The fraction of sp³-hybridized carbons (Fsp3) is 0.286. The van der Waals surface area contributed by atoms with E-state index in [1.54, 1.807) is 0 Å². The first-order valence-corrected chi connectivity index (χ1v) is 14.8.